The Hall–Kier alpha value is -2.41. The van der Waals surface area contributed by atoms with E-state index in [4.69, 9.17) is 4.98 Å². The molecule has 5 nitrogen and oxygen atoms in total. The molecule has 0 spiro atoms. The predicted molar refractivity (Wildman–Crippen MR) is 120 cm³/mol. The summed E-state index contributed by atoms with van der Waals surface area (Å²) in [4.78, 5) is 6.65. The summed E-state index contributed by atoms with van der Waals surface area (Å²) in [6, 6.07) is 10.2. The molecule has 7 heteroatoms. The number of anilines is 3. The number of rotatable bonds is 3. The Bertz CT molecular complexity index is 892. The normalized spacial score (nSPS) is 17.3. The van der Waals surface area contributed by atoms with Crippen LogP contribution in [0.2, 0.25) is 0 Å². The Morgan fingerprint density at radius 3 is 2.47 bits per heavy atom. The highest BCUT2D eigenvalue weighted by Crippen LogP contribution is 2.43. The SMILES string of the molecule is CC.Cc1ccccc1CN1NNc2c(N3CCC(F)(F)C3)cc(C(C)(C)C)nc21. The Labute approximate surface area is 178 Å². The zero-order valence-corrected chi connectivity index (χ0v) is 18.8. The number of fused-ring (bicyclic) bond motifs is 1. The van der Waals surface area contributed by atoms with Crippen molar-refractivity contribution in [3.8, 4) is 0 Å². The van der Waals surface area contributed by atoms with Gasteiger partial charge in [-0.15, -0.1) is 5.53 Å². The van der Waals surface area contributed by atoms with E-state index in [-0.39, 0.29) is 18.4 Å². The first-order valence-electron chi connectivity index (χ1n) is 10.7. The van der Waals surface area contributed by atoms with Gasteiger partial charge in [0, 0.05) is 18.4 Å². The summed E-state index contributed by atoms with van der Waals surface area (Å²) in [6.07, 6.45) is -0.116. The molecule has 1 aromatic carbocycles. The van der Waals surface area contributed by atoms with Gasteiger partial charge in [0.1, 0.15) is 5.69 Å². The molecule has 0 amide bonds. The van der Waals surface area contributed by atoms with Crippen LogP contribution in [0.15, 0.2) is 30.3 Å². The number of aryl methyl sites for hydroxylation is 1. The number of pyridine rings is 1. The average molecular weight is 418 g/mol. The summed E-state index contributed by atoms with van der Waals surface area (Å²) in [7, 11) is 0. The van der Waals surface area contributed by atoms with Crippen molar-refractivity contribution in [1.82, 2.24) is 10.5 Å². The zero-order chi connectivity index (χ0) is 22.1. The molecule has 2 N–H and O–H groups in total. The second-order valence-electron chi connectivity index (χ2n) is 8.75. The van der Waals surface area contributed by atoms with Crippen molar-refractivity contribution in [2.75, 3.05) is 28.4 Å². The molecule has 0 bridgehead atoms. The van der Waals surface area contributed by atoms with E-state index in [2.05, 4.69) is 50.8 Å². The maximum atomic E-state index is 13.9. The number of nitrogens with one attached hydrogen (secondary N) is 2. The standard InChI is InChI=1S/C21H27F2N5.C2H6/c1-14-7-5-6-8-15(14)12-28-19-18(25-26-28)16(11-17(24-19)20(2,3)4)27-10-9-21(22,23)13-27;1-2/h5-8,11,25-26H,9-10,12-13H2,1-4H3;1-2H3. The second kappa shape index (κ2) is 8.38. The molecular formula is C23H33F2N5. The van der Waals surface area contributed by atoms with Crippen molar-refractivity contribution in [1.29, 1.82) is 0 Å². The maximum absolute atomic E-state index is 13.9. The van der Waals surface area contributed by atoms with Gasteiger partial charge >= 0.3 is 0 Å². The summed E-state index contributed by atoms with van der Waals surface area (Å²) >= 11 is 0. The van der Waals surface area contributed by atoms with E-state index in [1.165, 1.54) is 11.1 Å². The molecule has 4 rings (SSSR count). The third kappa shape index (κ3) is 4.51. The van der Waals surface area contributed by atoms with Crippen molar-refractivity contribution in [2.24, 2.45) is 0 Å². The number of hydrogen-bond donors (Lipinski definition) is 2. The van der Waals surface area contributed by atoms with Crippen LogP contribution in [-0.4, -0.2) is 24.0 Å². The number of alkyl halides is 2. The van der Waals surface area contributed by atoms with Gasteiger partial charge < -0.3 is 4.90 Å². The van der Waals surface area contributed by atoms with E-state index in [0.29, 0.717) is 13.1 Å². The summed E-state index contributed by atoms with van der Waals surface area (Å²) in [5.74, 6) is -1.90. The van der Waals surface area contributed by atoms with Crippen LogP contribution in [0, 0.1) is 6.92 Å². The first-order chi connectivity index (χ1) is 14.1. The Morgan fingerprint density at radius 1 is 1.17 bits per heavy atom. The lowest BCUT2D eigenvalue weighted by Crippen LogP contribution is -2.36. The van der Waals surface area contributed by atoms with Crippen LogP contribution in [0.3, 0.4) is 0 Å². The number of hydrogen-bond acceptors (Lipinski definition) is 5. The van der Waals surface area contributed by atoms with Gasteiger partial charge in [-0.1, -0.05) is 58.9 Å². The van der Waals surface area contributed by atoms with E-state index in [1.54, 1.807) is 4.90 Å². The van der Waals surface area contributed by atoms with Crippen LogP contribution in [-0.2, 0) is 12.0 Å². The minimum Gasteiger partial charge on any atom is -0.363 e. The van der Waals surface area contributed by atoms with Crippen molar-refractivity contribution in [2.45, 2.75) is 65.8 Å². The Morgan fingerprint density at radius 2 is 1.87 bits per heavy atom. The fourth-order valence-corrected chi connectivity index (χ4v) is 3.66. The lowest BCUT2D eigenvalue weighted by Gasteiger charge is -2.26. The molecule has 1 saturated heterocycles. The molecular weight excluding hydrogens is 384 g/mol. The van der Waals surface area contributed by atoms with E-state index >= 15 is 0 Å². The third-order valence-electron chi connectivity index (χ3n) is 5.42. The molecule has 0 radical (unpaired) electrons. The molecule has 0 aliphatic carbocycles. The minimum absolute atomic E-state index is 0.116. The Balaban J connectivity index is 0.00000124. The molecule has 164 valence electrons. The van der Waals surface area contributed by atoms with E-state index in [9.17, 15) is 8.78 Å². The average Bonchev–Trinajstić information content (AvgIpc) is 3.27. The smallest absolute Gasteiger partial charge is 0.266 e. The van der Waals surface area contributed by atoms with Gasteiger partial charge in [-0.05, 0) is 24.1 Å². The molecule has 0 saturated carbocycles. The van der Waals surface area contributed by atoms with Gasteiger partial charge in [0.2, 0.25) is 0 Å². The number of benzene rings is 1. The van der Waals surface area contributed by atoms with Crippen molar-refractivity contribution in [3.05, 3.63) is 47.2 Å². The van der Waals surface area contributed by atoms with Gasteiger partial charge in [-0.3, -0.25) is 10.4 Å². The van der Waals surface area contributed by atoms with E-state index < -0.39 is 5.92 Å². The molecule has 3 heterocycles. The Kier molecular flexibility index (Phi) is 6.22. The van der Waals surface area contributed by atoms with Gasteiger partial charge in [-0.25, -0.2) is 13.8 Å². The quantitative estimate of drug-likeness (QED) is 0.699. The number of halogens is 2. The summed E-state index contributed by atoms with van der Waals surface area (Å²) in [5.41, 5.74) is 11.0. The largest absolute Gasteiger partial charge is 0.363 e. The summed E-state index contributed by atoms with van der Waals surface area (Å²) in [6.45, 7) is 13.1. The fraction of sp³-hybridized carbons (Fsp3) is 0.522. The van der Waals surface area contributed by atoms with Gasteiger partial charge in [0.15, 0.2) is 5.82 Å². The van der Waals surface area contributed by atoms with Crippen LogP contribution in [0.1, 0.15) is 57.9 Å². The lowest BCUT2D eigenvalue weighted by molar-refractivity contribution is 0.0257. The molecule has 2 aliphatic rings. The summed E-state index contributed by atoms with van der Waals surface area (Å²) in [5, 5.41) is 1.95. The van der Waals surface area contributed by atoms with Crippen molar-refractivity contribution in [3.63, 3.8) is 0 Å². The molecule has 0 unspecified atom stereocenters. The highest BCUT2D eigenvalue weighted by molar-refractivity contribution is 5.84. The monoisotopic (exact) mass is 417 g/mol. The third-order valence-corrected chi connectivity index (χ3v) is 5.42. The molecule has 0 atom stereocenters. The highest BCUT2D eigenvalue weighted by Gasteiger charge is 2.40. The van der Waals surface area contributed by atoms with E-state index in [0.717, 1.165) is 22.9 Å². The van der Waals surface area contributed by atoms with Crippen LogP contribution in [0.4, 0.5) is 26.0 Å². The topological polar surface area (TPSA) is 43.4 Å². The number of aromatic nitrogens is 1. The lowest BCUT2D eigenvalue weighted by atomic mass is 9.91. The van der Waals surface area contributed by atoms with E-state index in [1.807, 2.05) is 37.1 Å². The molecule has 2 aliphatic heterocycles. The van der Waals surface area contributed by atoms with Crippen LogP contribution in [0.25, 0.3) is 0 Å². The fourth-order valence-electron chi connectivity index (χ4n) is 3.66. The first kappa shape index (κ1) is 22.3. The summed E-state index contributed by atoms with van der Waals surface area (Å²) < 4.78 is 27.7. The molecule has 2 aromatic rings. The van der Waals surface area contributed by atoms with Crippen LogP contribution < -0.4 is 20.9 Å². The van der Waals surface area contributed by atoms with Crippen LogP contribution >= 0.6 is 0 Å². The maximum Gasteiger partial charge on any atom is 0.266 e. The second-order valence-corrected chi connectivity index (χ2v) is 8.75. The van der Waals surface area contributed by atoms with Crippen molar-refractivity contribution < 1.29 is 8.78 Å². The van der Waals surface area contributed by atoms with Gasteiger partial charge in [-0.2, -0.15) is 0 Å². The highest BCUT2D eigenvalue weighted by atomic mass is 19.3. The van der Waals surface area contributed by atoms with Crippen LogP contribution in [0.5, 0.6) is 0 Å². The van der Waals surface area contributed by atoms with Crippen molar-refractivity contribution >= 4 is 17.2 Å². The predicted octanol–water partition coefficient (Wildman–Crippen LogP) is 5.41. The molecule has 1 aromatic heterocycles. The van der Waals surface area contributed by atoms with Gasteiger partial charge in [0.05, 0.1) is 24.5 Å². The number of hydrazine groups is 2. The zero-order valence-electron chi connectivity index (χ0n) is 18.8. The minimum atomic E-state index is -2.65. The van der Waals surface area contributed by atoms with Gasteiger partial charge in [0.25, 0.3) is 5.92 Å². The molecule has 1 fully saturated rings. The molecule has 30 heavy (non-hydrogen) atoms. The number of nitrogens with zero attached hydrogens (tertiary/aromatic N) is 3. The first-order valence-corrected chi connectivity index (χ1v) is 10.7.